The molecule has 6 heteroatoms. The Hall–Kier alpha value is -1.42. The highest BCUT2D eigenvalue weighted by Gasteiger charge is 2.10. The number of hydrogen-bond acceptors (Lipinski definition) is 3. The predicted molar refractivity (Wildman–Crippen MR) is 79.0 cm³/mol. The molecule has 20 heavy (non-hydrogen) atoms. The number of carbonyl (C=O) groups excluding carboxylic acids is 1. The van der Waals surface area contributed by atoms with Gasteiger partial charge in [-0.2, -0.15) is 0 Å². The first-order valence-electron chi connectivity index (χ1n) is 5.59. The Balaban J connectivity index is 1.96. The minimum absolute atomic E-state index is 0.278. The molecule has 0 amide bonds. The Kier molecular flexibility index (Phi) is 5.12. The molecule has 0 atom stereocenters. The van der Waals surface area contributed by atoms with Gasteiger partial charge < -0.3 is 9.47 Å². The first-order chi connectivity index (χ1) is 9.56. The number of para-hydroxylation sites is 1. The van der Waals surface area contributed by atoms with E-state index in [2.05, 4.69) is 0 Å². The van der Waals surface area contributed by atoms with Crippen LogP contribution in [-0.2, 0) is 4.79 Å². The average Bonchev–Trinajstić information content (AvgIpc) is 2.42. The topological polar surface area (TPSA) is 35.5 Å². The standard InChI is InChI=1S/C14H9Cl3O3/c15-9-5-6-11(17)13(7-9)19-8-14(18)20-12-4-2-1-3-10(12)16/h1-7H,8H2. The number of esters is 1. The van der Waals surface area contributed by atoms with Crippen LogP contribution in [0, 0.1) is 0 Å². The van der Waals surface area contributed by atoms with Gasteiger partial charge in [0.1, 0.15) is 11.5 Å². The number of hydrogen-bond donors (Lipinski definition) is 0. The van der Waals surface area contributed by atoms with E-state index in [-0.39, 0.29) is 12.4 Å². The maximum atomic E-state index is 11.7. The number of rotatable bonds is 4. The maximum Gasteiger partial charge on any atom is 0.349 e. The molecule has 2 rings (SSSR count). The molecule has 0 aliphatic carbocycles. The van der Waals surface area contributed by atoms with E-state index in [0.29, 0.717) is 20.8 Å². The number of halogens is 3. The zero-order chi connectivity index (χ0) is 14.5. The van der Waals surface area contributed by atoms with Crippen LogP contribution in [0.25, 0.3) is 0 Å². The molecule has 0 bridgehead atoms. The summed E-state index contributed by atoms with van der Waals surface area (Å²) in [6.45, 7) is -0.300. The van der Waals surface area contributed by atoms with Crippen LogP contribution in [0.15, 0.2) is 42.5 Å². The maximum absolute atomic E-state index is 11.7. The molecule has 3 nitrogen and oxygen atoms in total. The second-order valence-corrected chi connectivity index (χ2v) is 5.02. The summed E-state index contributed by atoms with van der Waals surface area (Å²) in [5.74, 6) is 0.00405. The Morgan fingerprint density at radius 2 is 1.65 bits per heavy atom. The highest BCUT2D eigenvalue weighted by Crippen LogP contribution is 2.28. The van der Waals surface area contributed by atoms with E-state index >= 15 is 0 Å². The van der Waals surface area contributed by atoms with E-state index in [4.69, 9.17) is 44.3 Å². The van der Waals surface area contributed by atoms with Gasteiger partial charge in [0.05, 0.1) is 10.0 Å². The fraction of sp³-hybridized carbons (Fsp3) is 0.0714. The third-order valence-electron chi connectivity index (χ3n) is 2.30. The zero-order valence-electron chi connectivity index (χ0n) is 10.1. The molecule has 104 valence electrons. The predicted octanol–water partition coefficient (Wildman–Crippen LogP) is 4.63. The van der Waals surface area contributed by atoms with E-state index in [1.807, 2.05) is 0 Å². The lowest BCUT2D eigenvalue weighted by atomic mass is 10.3. The monoisotopic (exact) mass is 330 g/mol. The van der Waals surface area contributed by atoms with Gasteiger partial charge in [-0.3, -0.25) is 0 Å². The van der Waals surface area contributed by atoms with E-state index in [0.717, 1.165) is 0 Å². The van der Waals surface area contributed by atoms with E-state index in [9.17, 15) is 4.79 Å². The van der Waals surface area contributed by atoms with Crippen LogP contribution in [0.4, 0.5) is 0 Å². The van der Waals surface area contributed by atoms with Crippen molar-refractivity contribution >= 4 is 40.8 Å². The van der Waals surface area contributed by atoms with Crippen LogP contribution < -0.4 is 9.47 Å². The van der Waals surface area contributed by atoms with Gasteiger partial charge in [0, 0.05) is 11.1 Å². The van der Waals surface area contributed by atoms with Crippen molar-refractivity contribution < 1.29 is 14.3 Å². The molecule has 0 aliphatic rings. The van der Waals surface area contributed by atoms with E-state index < -0.39 is 5.97 Å². The summed E-state index contributed by atoms with van der Waals surface area (Å²) in [5, 5.41) is 1.17. The minimum Gasteiger partial charge on any atom is -0.480 e. The summed E-state index contributed by atoms with van der Waals surface area (Å²) in [7, 11) is 0. The van der Waals surface area contributed by atoms with Gasteiger partial charge >= 0.3 is 5.97 Å². The molecule has 0 N–H and O–H groups in total. The molecule has 0 aliphatic heterocycles. The van der Waals surface area contributed by atoms with Crippen LogP contribution >= 0.6 is 34.8 Å². The largest absolute Gasteiger partial charge is 0.480 e. The van der Waals surface area contributed by atoms with Gasteiger partial charge in [0.2, 0.25) is 0 Å². The van der Waals surface area contributed by atoms with Crippen LogP contribution in [0.1, 0.15) is 0 Å². The quantitative estimate of drug-likeness (QED) is 0.605. The fourth-order valence-corrected chi connectivity index (χ4v) is 1.91. The molecule has 0 unspecified atom stereocenters. The number of carbonyl (C=O) groups is 1. The van der Waals surface area contributed by atoms with Crippen molar-refractivity contribution in [2.45, 2.75) is 0 Å². The van der Waals surface area contributed by atoms with E-state index in [1.165, 1.54) is 6.07 Å². The van der Waals surface area contributed by atoms with Gasteiger partial charge in [0.15, 0.2) is 6.61 Å². The highest BCUT2D eigenvalue weighted by atomic mass is 35.5. The van der Waals surface area contributed by atoms with Gasteiger partial charge in [0.25, 0.3) is 0 Å². The van der Waals surface area contributed by atoms with Gasteiger partial charge in [-0.1, -0.05) is 46.9 Å². The molecule has 0 spiro atoms. The first kappa shape index (κ1) is 15.0. The lowest BCUT2D eigenvalue weighted by molar-refractivity contribution is -0.136. The lowest BCUT2D eigenvalue weighted by Crippen LogP contribution is -2.18. The van der Waals surface area contributed by atoms with Gasteiger partial charge in [-0.15, -0.1) is 0 Å². The Morgan fingerprint density at radius 1 is 0.950 bits per heavy atom. The second kappa shape index (κ2) is 6.84. The molecule has 0 fully saturated rings. The summed E-state index contributed by atoms with van der Waals surface area (Å²) in [6, 6.07) is 11.4. The third-order valence-corrected chi connectivity index (χ3v) is 3.16. The molecular weight excluding hydrogens is 323 g/mol. The molecule has 0 heterocycles. The van der Waals surface area contributed by atoms with Crippen molar-refractivity contribution in [2.75, 3.05) is 6.61 Å². The Bertz CT molecular complexity index is 629. The van der Waals surface area contributed by atoms with Crippen LogP contribution in [0.2, 0.25) is 15.1 Å². The summed E-state index contributed by atoms with van der Waals surface area (Å²) in [4.78, 5) is 11.7. The van der Waals surface area contributed by atoms with Crippen molar-refractivity contribution in [3.63, 3.8) is 0 Å². The molecule has 0 saturated heterocycles. The molecule has 0 saturated carbocycles. The van der Waals surface area contributed by atoms with Crippen molar-refractivity contribution in [3.05, 3.63) is 57.5 Å². The van der Waals surface area contributed by atoms with E-state index in [1.54, 1.807) is 36.4 Å². The van der Waals surface area contributed by atoms with Crippen molar-refractivity contribution in [1.29, 1.82) is 0 Å². The second-order valence-electron chi connectivity index (χ2n) is 3.77. The normalized spacial score (nSPS) is 10.2. The smallest absolute Gasteiger partial charge is 0.349 e. The molecule has 2 aromatic carbocycles. The summed E-state index contributed by atoms with van der Waals surface area (Å²) >= 11 is 17.6. The third kappa shape index (κ3) is 4.04. The average molecular weight is 332 g/mol. The highest BCUT2D eigenvalue weighted by molar-refractivity contribution is 6.34. The Labute approximate surface area is 131 Å². The summed E-state index contributed by atoms with van der Waals surface area (Å²) in [6.07, 6.45) is 0. The molecule has 2 aromatic rings. The number of benzene rings is 2. The molecule has 0 radical (unpaired) electrons. The van der Waals surface area contributed by atoms with Crippen LogP contribution in [0.5, 0.6) is 11.5 Å². The summed E-state index contributed by atoms with van der Waals surface area (Å²) in [5.41, 5.74) is 0. The Morgan fingerprint density at radius 3 is 2.40 bits per heavy atom. The van der Waals surface area contributed by atoms with Crippen molar-refractivity contribution in [1.82, 2.24) is 0 Å². The van der Waals surface area contributed by atoms with Gasteiger partial charge in [-0.05, 0) is 24.3 Å². The van der Waals surface area contributed by atoms with Crippen molar-refractivity contribution in [2.24, 2.45) is 0 Å². The lowest BCUT2D eigenvalue weighted by Gasteiger charge is -2.09. The molecular formula is C14H9Cl3O3. The summed E-state index contributed by atoms with van der Waals surface area (Å²) < 4.78 is 10.3. The minimum atomic E-state index is -0.589. The van der Waals surface area contributed by atoms with Crippen LogP contribution in [0.3, 0.4) is 0 Å². The SMILES string of the molecule is O=C(COc1cc(Cl)ccc1Cl)Oc1ccccc1Cl. The first-order valence-corrected chi connectivity index (χ1v) is 6.72. The van der Waals surface area contributed by atoms with Crippen LogP contribution in [-0.4, -0.2) is 12.6 Å². The number of ether oxygens (including phenoxy) is 2. The van der Waals surface area contributed by atoms with Crippen molar-refractivity contribution in [3.8, 4) is 11.5 Å². The molecule has 0 aromatic heterocycles. The van der Waals surface area contributed by atoms with Gasteiger partial charge in [-0.25, -0.2) is 4.79 Å². The fourth-order valence-electron chi connectivity index (χ4n) is 1.40. The zero-order valence-corrected chi connectivity index (χ0v) is 12.4.